The molecule has 0 spiro atoms. The highest BCUT2D eigenvalue weighted by molar-refractivity contribution is 5.77. The predicted octanol–water partition coefficient (Wildman–Crippen LogP) is 3.09. The minimum absolute atomic E-state index is 0.0959. The Bertz CT molecular complexity index is 412. The molecule has 0 fully saturated rings. The van der Waals surface area contributed by atoms with Gasteiger partial charge >= 0.3 is 5.97 Å². The van der Waals surface area contributed by atoms with E-state index in [2.05, 4.69) is 32.1 Å². The van der Waals surface area contributed by atoms with E-state index in [1.807, 2.05) is 24.3 Å². The van der Waals surface area contributed by atoms with Crippen LogP contribution in [0.5, 0.6) is 5.75 Å². The van der Waals surface area contributed by atoms with E-state index in [1.165, 1.54) is 18.7 Å². The molecule has 0 bridgehead atoms. The Hall–Kier alpha value is -1.77. The Morgan fingerprint density at radius 2 is 1.83 bits per heavy atom. The SMILES string of the molecule is C=CC(Oc1ccc(C(C)(C)C)cc1)C(=O)OC. The summed E-state index contributed by atoms with van der Waals surface area (Å²) in [6, 6.07) is 7.68. The van der Waals surface area contributed by atoms with Gasteiger partial charge in [-0.3, -0.25) is 0 Å². The number of hydrogen-bond donors (Lipinski definition) is 0. The van der Waals surface area contributed by atoms with Gasteiger partial charge in [0.25, 0.3) is 0 Å². The minimum atomic E-state index is -0.768. The van der Waals surface area contributed by atoms with Crippen molar-refractivity contribution in [2.45, 2.75) is 32.3 Å². The molecule has 0 N–H and O–H groups in total. The zero-order valence-corrected chi connectivity index (χ0v) is 11.4. The quantitative estimate of drug-likeness (QED) is 0.606. The number of esters is 1. The Morgan fingerprint density at radius 1 is 1.28 bits per heavy atom. The second kappa shape index (κ2) is 5.71. The fourth-order valence-corrected chi connectivity index (χ4v) is 1.49. The van der Waals surface area contributed by atoms with Gasteiger partial charge in [-0.25, -0.2) is 4.79 Å². The standard InChI is InChI=1S/C15H20O3/c1-6-13(14(16)17-5)18-12-9-7-11(8-10-12)15(2,3)4/h6-10,13H,1H2,2-5H3. The summed E-state index contributed by atoms with van der Waals surface area (Å²) in [6.45, 7) is 9.99. The minimum Gasteiger partial charge on any atom is -0.475 e. The van der Waals surface area contributed by atoms with Crippen molar-refractivity contribution in [3.63, 3.8) is 0 Å². The molecular formula is C15H20O3. The van der Waals surface area contributed by atoms with E-state index in [1.54, 1.807) is 0 Å². The van der Waals surface area contributed by atoms with Crippen molar-refractivity contribution < 1.29 is 14.3 Å². The number of methoxy groups -OCH3 is 1. The number of rotatable bonds is 4. The molecule has 0 aliphatic heterocycles. The predicted molar refractivity (Wildman–Crippen MR) is 71.8 cm³/mol. The van der Waals surface area contributed by atoms with Crippen LogP contribution in [0.3, 0.4) is 0 Å². The van der Waals surface area contributed by atoms with E-state index in [0.717, 1.165) is 0 Å². The third-order valence-corrected chi connectivity index (χ3v) is 2.63. The maximum atomic E-state index is 11.4. The molecule has 98 valence electrons. The Labute approximate surface area is 108 Å². The van der Waals surface area contributed by atoms with Gasteiger partial charge in [0.2, 0.25) is 6.10 Å². The van der Waals surface area contributed by atoms with Crippen LogP contribution in [-0.4, -0.2) is 19.2 Å². The van der Waals surface area contributed by atoms with Crippen LogP contribution in [0.25, 0.3) is 0 Å². The lowest BCUT2D eigenvalue weighted by Crippen LogP contribution is -2.26. The molecule has 0 aliphatic rings. The van der Waals surface area contributed by atoms with Crippen LogP contribution >= 0.6 is 0 Å². The smallest absolute Gasteiger partial charge is 0.351 e. The van der Waals surface area contributed by atoms with Crippen LogP contribution in [0.1, 0.15) is 26.3 Å². The largest absolute Gasteiger partial charge is 0.475 e. The third kappa shape index (κ3) is 3.62. The topological polar surface area (TPSA) is 35.5 Å². The van der Waals surface area contributed by atoms with E-state index in [9.17, 15) is 4.79 Å². The summed E-state index contributed by atoms with van der Waals surface area (Å²) in [5, 5.41) is 0. The lowest BCUT2D eigenvalue weighted by Gasteiger charge is -2.19. The third-order valence-electron chi connectivity index (χ3n) is 2.63. The summed E-state index contributed by atoms with van der Waals surface area (Å²) in [7, 11) is 1.32. The molecule has 1 aromatic carbocycles. The van der Waals surface area contributed by atoms with E-state index in [-0.39, 0.29) is 5.41 Å². The number of ether oxygens (including phenoxy) is 2. The molecule has 0 aromatic heterocycles. The molecule has 1 rings (SSSR count). The van der Waals surface area contributed by atoms with Gasteiger partial charge in [0.15, 0.2) is 0 Å². The van der Waals surface area contributed by atoms with Crippen molar-refractivity contribution in [2.75, 3.05) is 7.11 Å². The molecule has 1 unspecified atom stereocenters. The van der Waals surface area contributed by atoms with Crippen molar-refractivity contribution >= 4 is 5.97 Å². The van der Waals surface area contributed by atoms with Crippen LogP contribution in [0.15, 0.2) is 36.9 Å². The molecule has 0 saturated heterocycles. The highest BCUT2D eigenvalue weighted by atomic mass is 16.6. The van der Waals surface area contributed by atoms with E-state index in [0.29, 0.717) is 5.75 Å². The summed E-state index contributed by atoms with van der Waals surface area (Å²) < 4.78 is 10.1. The molecule has 3 nitrogen and oxygen atoms in total. The molecule has 0 amide bonds. The van der Waals surface area contributed by atoms with E-state index < -0.39 is 12.1 Å². The summed E-state index contributed by atoms with van der Waals surface area (Å²) >= 11 is 0. The van der Waals surface area contributed by atoms with Crippen LogP contribution in [-0.2, 0) is 14.9 Å². The van der Waals surface area contributed by atoms with Crippen molar-refractivity contribution in [3.05, 3.63) is 42.5 Å². The lowest BCUT2D eigenvalue weighted by molar-refractivity contribution is -0.146. The average Bonchev–Trinajstić information content (AvgIpc) is 2.34. The second-order valence-corrected chi connectivity index (χ2v) is 5.07. The summed E-state index contributed by atoms with van der Waals surface area (Å²) in [6.07, 6.45) is 0.652. The lowest BCUT2D eigenvalue weighted by atomic mass is 9.87. The van der Waals surface area contributed by atoms with Gasteiger partial charge in [-0.05, 0) is 29.2 Å². The van der Waals surface area contributed by atoms with Gasteiger partial charge in [-0.15, -0.1) is 0 Å². The molecule has 0 radical (unpaired) electrons. The first-order valence-electron chi connectivity index (χ1n) is 5.86. The number of carbonyl (C=O) groups is 1. The first kappa shape index (κ1) is 14.3. The van der Waals surface area contributed by atoms with Crippen LogP contribution in [0, 0.1) is 0 Å². The van der Waals surface area contributed by atoms with Gasteiger partial charge in [-0.2, -0.15) is 0 Å². The molecule has 0 aliphatic carbocycles. The highest BCUT2D eigenvalue weighted by Crippen LogP contribution is 2.24. The van der Waals surface area contributed by atoms with Crippen molar-refractivity contribution in [3.8, 4) is 5.75 Å². The molecule has 0 heterocycles. The fraction of sp³-hybridized carbons (Fsp3) is 0.400. The van der Waals surface area contributed by atoms with Crippen LogP contribution in [0.4, 0.5) is 0 Å². The molecule has 1 aromatic rings. The Balaban J connectivity index is 2.80. The monoisotopic (exact) mass is 248 g/mol. The van der Waals surface area contributed by atoms with Gasteiger partial charge in [0.1, 0.15) is 5.75 Å². The summed E-state index contributed by atoms with van der Waals surface area (Å²) in [5.74, 6) is 0.170. The zero-order valence-electron chi connectivity index (χ0n) is 11.4. The van der Waals surface area contributed by atoms with Gasteiger partial charge < -0.3 is 9.47 Å². The van der Waals surface area contributed by atoms with Crippen molar-refractivity contribution in [1.29, 1.82) is 0 Å². The molecule has 0 saturated carbocycles. The van der Waals surface area contributed by atoms with Gasteiger partial charge in [-0.1, -0.05) is 39.5 Å². The first-order chi connectivity index (χ1) is 8.38. The normalized spacial score (nSPS) is 12.7. The Kier molecular flexibility index (Phi) is 4.54. The number of carbonyl (C=O) groups excluding carboxylic acids is 1. The highest BCUT2D eigenvalue weighted by Gasteiger charge is 2.18. The van der Waals surface area contributed by atoms with Crippen LogP contribution < -0.4 is 4.74 Å². The second-order valence-electron chi connectivity index (χ2n) is 5.07. The number of hydrogen-bond acceptors (Lipinski definition) is 3. The van der Waals surface area contributed by atoms with Crippen molar-refractivity contribution in [1.82, 2.24) is 0 Å². The van der Waals surface area contributed by atoms with Crippen LogP contribution in [0.2, 0.25) is 0 Å². The molecule has 18 heavy (non-hydrogen) atoms. The number of benzene rings is 1. The maximum absolute atomic E-state index is 11.4. The maximum Gasteiger partial charge on any atom is 0.351 e. The van der Waals surface area contributed by atoms with E-state index in [4.69, 9.17) is 4.74 Å². The summed E-state index contributed by atoms with van der Waals surface area (Å²) in [4.78, 5) is 11.4. The van der Waals surface area contributed by atoms with Gasteiger partial charge in [0, 0.05) is 0 Å². The fourth-order valence-electron chi connectivity index (χ4n) is 1.49. The Morgan fingerprint density at radius 3 is 2.22 bits per heavy atom. The molecular weight excluding hydrogens is 228 g/mol. The van der Waals surface area contributed by atoms with Gasteiger partial charge in [0.05, 0.1) is 7.11 Å². The molecule has 1 atom stereocenters. The average molecular weight is 248 g/mol. The van der Waals surface area contributed by atoms with Crippen molar-refractivity contribution in [2.24, 2.45) is 0 Å². The zero-order chi connectivity index (χ0) is 13.8. The first-order valence-corrected chi connectivity index (χ1v) is 5.86. The molecule has 3 heteroatoms. The summed E-state index contributed by atoms with van der Waals surface area (Å²) in [5.41, 5.74) is 1.31. The van der Waals surface area contributed by atoms with E-state index >= 15 is 0 Å².